The molecule has 0 aliphatic heterocycles. The second-order valence-electron chi connectivity index (χ2n) is 5.37. The molecule has 0 aromatic heterocycles. The fourth-order valence-corrected chi connectivity index (χ4v) is 3.50. The molecule has 82 valence electrons. The van der Waals surface area contributed by atoms with Gasteiger partial charge in [0.15, 0.2) is 0 Å². The first-order valence-electron chi connectivity index (χ1n) is 5.87. The molecule has 0 radical (unpaired) electrons. The Bertz CT molecular complexity index is 328. The summed E-state index contributed by atoms with van der Waals surface area (Å²) in [5.41, 5.74) is 0.258. The van der Waals surface area contributed by atoms with E-state index in [-0.39, 0.29) is 16.7 Å². The molecular weight excluding hydrogens is 184 g/mol. The minimum atomic E-state index is 0.0110. The van der Waals surface area contributed by atoms with Crippen LogP contribution in [0.5, 0.6) is 0 Å². The van der Waals surface area contributed by atoms with Crippen LogP contribution < -0.4 is 0 Å². The first-order chi connectivity index (χ1) is 7.06. The second-order valence-corrected chi connectivity index (χ2v) is 5.37. The van der Waals surface area contributed by atoms with E-state index in [1.807, 2.05) is 0 Å². The molecule has 0 aromatic carbocycles. The van der Waals surface area contributed by atoms with Crippen LogP contribution in [-0.2, 0) is 4.79 Å². The number of rotatable bonds is 1. The third-order valence-electron chi connectivity index (χ3n) is 4.86. The van der Waals surface area contributed by atoms with Crippen molar-refractivity contribution in [3.05, 3.63) is 24.8 Å². The lowest BCUT2D eigenvalue weighted by atomic mass is 9.48. The Kier molecular flexibility index (Phi) is 2.37. The number of hydrogen-bond donors (Lipinski definition) is 0. The summed E-state index contributed by atoms with van der Waals surface area (Å²) in [6.45, 7) is 8.41. The van der Waals surface area contributed by atoms with Crippen molar-refractivity contribution in [1.82, 2.24) is 0 Å². The van der Waals surface area contributed by atoms with Gasteiger partial charge < -0.3 is 0 Å². The van der Waals surface area contributed by atoms with Gasteiger partial charge in [0.05, 0.1) is 0 Å². The Hall–Kier alpha value is -0.850. The highest BCUT2D eigenvalue weighted by atomic mass is 16.1. The van der Waals surface area contributed by atoms with Crippen LogP contribution in [0.15, 0.2) is 24.8 Å². The molecular formula is C14H20O. The smallest absolute Gasteiger partial charge is 0.136 e. The molecule has 2 aliphatic carbocycles. The van der Waals surface area contributed by atoms with Crippen molar-refractivity contribution in [3.8, 4) is 0 Å². The quantitative estimate of drug-likeness (QED) is 0.597. The van der Waals surface area contributed by atoms with Gasteiger partial charge in [-0.2, -0.15) is 0 Å². The molecule has 1 saturated carbocycles. The van der Waals surface area contributed by atoms with Gasteiger partial charge in [0, 0.05) is 17.8 Å². The Morgan fingerprint density at radius 2 is 2.13 bits per heavy atom. The predicted molar refractivity (Wildman–Crippen MR) is 62.5 cm³/mol. The van der Waals surface area contributed by atoms with E-state index >= 15 is 0 Å². The van der Waals surface area contributed by atoms with Crippen molar-refractivity contribution in [2.75, 3.05) is 0 Å². The number of carbonyl (C=O) groups is 1. The molecule has 15 heavy (non-hydrogen) atoms. The van der Waals surface area contributed by atoms with Crippen LogP contribution >= 0.6 is 0 Å². The molecule has 0 aromatic rings. The molecule has 0 bridgehead atoms. The first-order valence-corrected chi connectivity index (χ1v) is 5.87. The van der Waals surface area contributed by atoms with Gasteiger partial charge in [-0.3, -0.25) is 4.79 Å². The van der Waals surface area contributed by atoms with Crippen LogP contribution in [0.4, 0.5) is 0 Å². The van der Waals surface area contributed by atoms with Gasteiger partial charge in [0.2, 0.25) is 0 Å². The molecule has 3 atom stereocenters. The summed E-state index contributed by atoms with van der Waals surface area (Å²) in [6, 6.07) is 0. The van der Waals surface area contributed by atoms with Crippen LogP contribution in [0, 0.1) is 16.7 Å². The minimum absolute atomic E-state index is 0.0110. The normalized spacial score (nSPS) is 44.9. The van der Waals surface area contributed by atoms with Crippen molar-refractivity contribution in [1.29, 1.82) is 0 Å². The largest absolute Gasteiger partial charge is 0.299 e. The lowest BCUT2D eigenvalue weighted by molar-refractivity contribution is -0.135. The summed E-state index contributed by atoms with van der Waals surface area (Å²) in [5, 5.41) is 0. The zero-order valence-electron chi connectivity index (χ0n) is 9.75. The monoisotopic (exact) mass is 204 g/mol. The van der Waals surface area contributed by atoms with E-state index in [1.54, 1.807) is 0 Å². The Balaban J connectivity index is 2.48. The standard InChI is InChI=1S/C14H20O/c1-4-14-9-6-5-8-13(14,3)10-7-12(15)11(14)2/h4-6,11H,1,7-10H2,2-3H3/t11?,13-,14+/m0/s1. The van der Waals surface area contributed by atoms with Crippen LogP contribution in [-0.4, -0.2) is 5.78 Å². The number of fused-ring (bicyclic) bond motifs is 1. The molecule has 1 fully saturated rings. The SMILES string of the molecule is C=C[C@]12CC=CC[C@@]1(C)CCC(=O)C2C. The van der Waals surface area contributed by atoms with E-state index in [2.05, 4.69) is 38.7 Å². The van der Waals surface area contributed by atoms with Crippen LogP contribution in [0.3, 0.4) is 0 Å². The average molecular weight is 204 g/mol. The Morgan fingerprint density at radius 1 is 1.47 bits per heavy atom. The van der Waals surface area contributed by atoms with Gasteiger partial charge in [0.1, 0.15) is 5.78 Å². The number of hydrogen-bond acceptors (Lipinski definition) is 1. The minimum Gasteiger partial charge on any atom is -0.299 e. The summed E-state index contributed by atoms with van der Waals surface area (Å²) < 4.78 is 0. The van der Waals surface area contributed by atoms with Crippen molar-refractivity contribution in [3.63, 3.8) is 0 Å². The highest BCUT2D eigenvalue weighted by Gasteiger charge is 2.54. The van der Waals surface area contributed by atoms with Gasteiger partial charge in [-0.25, -0.2) is 0 Å². The van der Waals surface area contributed by atoms with Gasteiger partial charge in [-0.05, 0) is 24.7 Å². The molecule has 2 aliphatic rings. The molecule has 0 heterocycles. The summed E-state index contributed by atoms with van der Waals surface area (Å²) in [5.74, 6) is 0.557. The summed E-state index contributed by atoms with van der Waals surface area (Å²) in [7, 11) is 0. The van der Waals surface area contributed by atoms with Crippen LogP contribution in [0.1, 0.15) is 39.5 Å². The number of ketones is 1. The van der Waals surface area contributed by atoms with Crippen LogP contribution in [0.25, 0.3) is 0 Å². The zero-order valence-corrected chi connectivity index (χ0v) is 9.75. The fraction of sp³-hybridized carbons (Fsp3) is 0.643. The van der Waals surface area contributed by atoms with Crippen LogP contribution in [0.2, 0.25) is 0 Å². The highest BCUT2D eigenvalue weighted by Crippen LogP contribution is 2.59. The fourth-order valence-electron chi connectivity index (χ4n) is 3.50. The lowest BCUT2D eigenvalue weighted by Gasteiger charge is -2.54. The van der Waals surface area contributed by atoms with Crippen molar-refractivity contribution in [2.24, 2.45) is 16.7 Å². The van der Waals surface area contributed by atoms with E-state index in [4.69, 9.17) is 0 Å². The van der Waals surface area contributed by atoms with Crippen molar-refractivity contribution < 1.29 is 4.79 Å². The zero-order chi connectivity index (χ0) is 11.1. The predicted octanol–water partition coefficient (Wildman–Crippen LogP) is 3.51. The third kappa shape index (κ3) is 1.25. The van der Waals surface area contributed by atoms with E-state index in [0.717, 1.165) is 25.7 Å². The Labute approximate surface area is 92.3 Å². The maximum absolute atomic E-state index is 11.9. The first kappa shape index (κ1) is 10.7. The summed E-state index contributed by atoms with van der Waals surface area (Å²) in [4.78, 5) is 11.9. The van der Waals surface area contributed by atoms with Gasteiger partial charge in [0.25, 0.3) is 0 Å². The average Bonchev–Trinajstić information content (AvgIpc) is 2.25. The molecule has 1 unspecified atom stereocenters. The van der Waals surface area contributed by atoms with E-state index in [9.17, 15) is 4.79 Å². The van der Waals surface area contributed by atoms with E-state index in [1.165, 1.54) is 0 Å². The molecule has 0 N–H and O–H groups in total. The van der Waals surface area contributed by atoms with Gasteiger partial charge in [-0.1, -0.05) is 32.1 Å². The lowest BCUT2D eigenvalue weighted by Crippen LogP contribution is -2.50. The molecule has 0 amide bonds. The topological polar surface area (TPSA) is 17.1 Å². The van der Waals surface area contributed by atoms with Gasteiger partial charge in [-0.15, -0.1) is 6.58 Å². The third-order valence-corrected chi connectivity index (χ3v) is 4.86. The maximum atomic E-state index is 11.9. The number of allylic oxidation sites excluding steroid dienone is 3. The van der Waals surface area contributed by atoms with E-state index in [0.29, 0.717) is 5.78 Å². The molecule has 2 rings (SSSR count). The highest BCUT2D eigenvalue weighted by molar-refractivity contribution is 5.83. The second kappa shape index (κ2) is 3.33. The van der Waals surface area contributed by atoms with Gasteiger partial charge >= 0.3 is 0 Å². The number of Topliss-reactive ketones (excluding diaryl/α,β-unsaturated/α-hetero) is 1. The summed E-state index contributed by atoms with van der Waals surface area (Å²) >= 11 is 0. The van der Waals surface area contributed by atoms with Crippen molar-refractivity contribution in [2.45, 2.75) is 39.5 Å². The number of carbonyl (C=O) groups excluding carboxylic acids is 1. The summed E-state index contributed by atoms with van der Waals surface area (Å²) in [6.07, 6.45) is 10.4. The van der Waals surface area contributed by atoms with E-state index < -0.39 is 0 Å². The Morgan fingerprint density at radius 3 is 2.80 bits per heavy atom. The molecule has 0 saturated heterocycles. The maximum Gasteiger partial charge on any atom is 0.136 e. The van der Waals surface area contributed by atoms with Crippen molar-refractivity contribution >= 4 is 5.78 Å². The molecule has 1 nitrogen and oxygen atoms in total. The molecule has 1 heteroatoms. The molecule has 0 spiro atoms.